The van der Waals surface area contributed by atoms with E-state index in [1.165, 1.54) is 0 Å². The summed E-state index contributed by atoms with van der Waals surface area (Å²) in [7, 11) is 0. The van der Waals surface area contributed by atoms with Crippen molar-refractivity contribution in [1.82, 2.24) is 0 Å². The molecule has 4 heteroatoms. The molecule has 0 saturated carbocycles. The number of hydrogen-bond acceptors (Lipinski definition) is 4. The summed E-state index contributed by atoms with van der Waals surface area (Å²) in [6.45, 7) is 13.3. The van der Waals surface area contributed by atoms with E-state index in [0.717, 1.165) is 35.5 Å². The summed E-state index contributed by atoms with van der Waals surface area (Å²) >= 11 is 0. The first-order valence-electron chi connectivity index (χ1n) is 10.7. The van der Waals surface area contributed by atoms with Crippen molar-refractivity contribution < 1.29 is 19.0 Å². The maximum Gasteiger partial charge on any atom is 0.185 e. The first-order valence-corrected chi connectivity index (χ1v) is 10.7. The molecule has 0 radical (unpaired) electrons. The van der Waals surface area contributed by atoms with Crippen LogP contribution in [-0.2, 0) is 6.42 Å². The minimum Gasteiger partial charge on any atom is -0.493 e. The zero-order valence-corrected chi connectivity index (χ0v) is 18.6. The van der Waals surface area contributed by atoms with Crippen LogP contribution >= 0.6 is 0 Å². The predicted molar refractivity (Wildman–Crippen MR) is 127 cm³/mol. The molecule has 0 aliphatic carbocycles. The largest absolute Gasteiger partial charge is 0.493 e. The van der Waals surface area contributed by atoms with E-state index in [0.29, 0.717) is 37.6 Å². The van der Waals surface area contributed by atoms with Crippen LogP contribution < -0.4 is 14.2 Å². The Morgan fingerprint density at radius 3 is 2.26 bits per heavy atom. The van der Waals surface area contributed by atoms with Gasteiger partial charge in [-0.15, -0.1) is 6.58 Å². The quantitative estimate of drug-likeness (QED) is 0.200. The first kappa shape index (κ1) is 24.0. The monoisotopic (exact) mass is 420 g/mol. The van der Waals surface area contributed by atoms with Crippen LogP contribution in [-0.4, -0.2) is 25.6 Å². The summed E-state index contributed by atoms with van der Waals surface area (Å²) in [5.74, 6) is 2.12. The third kappa shape index (κ3) is 7.49. The Morgan fingerprint density at radius 1 is 0.903 bits per heavy atom. The van der Waals surface area contributed by atoms with Gasteiger partial charge < -0.3 is 14.2 Å². The van der Waals surface area contributed by atoms with Gasteiger partial charge in [0.25, 0.3) is 0 Å². The highest BCUT2D eigenvalue weighted by Gasteiger charge is 2.12. The van der Waals surface area contributed by atoms with E-state index in [-0.39, 0.29) is 5.78 Å². The van der Waals surface area contributed by atoms with Gasteiger partial charge >= 0.3 is 0 Å². The summed E-state index contributed by atoms with van der Waals surface area (Å²) in [4.78, 5) is 12.7. The number of rotatable bonds is 14. The molecule has 2 aromatic rings. The third-order valence-corrected chi connectivity index (χ3v) is 4.42. The minimum atomic E-state index is -0.0873. The van der Waals surface area contributed by atoms with Crippen molar-refractivity contribution in [2.45, 2.75) is 33.1 Å². The van der Waals surface area contributed by atoms with E-state index in [1.807, 2.05) is 24.3 Å². The van der Waals surface area contributed by atoms with Crippen molar-refractivity contribution in [3.05, 3.63) is 84.5 Å². The van der Waals surface area contributed by atoms with Crippen LogP contribution in [0.5, 0.6) is 17.2 Å². The topological polar surface area (TPSA) is 44.8 Å². The van der Waals surface area contributed by atoms with Crippen molar-refractivity contribution >= 4 is 11.9 Å². The average Bonchev–Trinajstić information content (AvgIpc) is 2.80. The van der Waals surface area contributed by atoms with Gasteiger partial charge in [0.05, 0.1) is 13.2 Å². The molecule has 2 rings (SSSR count). The SMILES string of the molecule is C=CCOc1ccc(C(=O)/C=C/c2cc(OCCC)cc(OCCC)c2CC=C)cc1. The molecule has 0 unspecified atom stereocenters. The molecule has 0 bridgehead atoms. The molecule has 0 aliphatic heterocycles. The molecule has 31 heavy (non-hydrogen) atoms. The summed E-state index contributed by atoms with van der Waals surface area (Å²) in [5.41, 5.74) is 2.47. The van der Waals surface area contributed by atoms with E-state index in [9.17, 15) is 4.79 Å². The van der Waals surface area contributed by atoms with E-state index in [4.69, 9.17) is 14.2 Å². The molecular formula is C27H32O4. The molecule has 0 amide bonds. The molecule has 0 heterocycles. The maximum absolute atomic E-state index is 12.7. The van der Waals surface area contributed by atoms with Gasteiger partial charge in [-0.2, -0.15) is 0 Å². The van der Waals surface area contributed by atoms with E-state index < -0.39 is 0 Å². The lowest BCUT2D eigenvalue weighted by Gasteiger charge is -2.16. The first-order chi connectivity index (χ1) is 15.1. The van der Waals surface area contributed by atoms with Crippen molar-refractivity contribution in [1.29, 1.82) is 0 Å². The Morgan fingerprint density at radius 2 is 1.61 bits per heavy atom. The summed E-state index contributed by atoms with van der Waals surface area (Å²) in [6.07, 6.45) is 9.37. The predicted octanol–water partition coefficient (Wildman–Crippen LogP) is 6.45. The highest BCUT2D eigenvalue weighted by atomic mass is 16.5. The fourth-order valence-electron chi connectivity index (χ4n) is 2.93. The van der Waals surface area contributed by atoms with Crippen molar-refractivity contribution in [3.8, 4) is 17.2 Å². The van der Waals surface area contributed by atoms with Gasteiger partial charge in [-0.1, -0.05) is 38.7 Å². The highest BCUT2D eigenvalue weighted by Crippen LogP contribution is 2.31. The fraction of sp³-hybridized carbons (Fsp3) is 0.296. The van der Waals surface area contributed by atoms with Crippen molar-refractivity contribution in [2.75, 3.05) is 19.8 Å². The van der Waals surface area contributed by atoms with Gasteiger partial charge in [0.15, 0.2) is 5.78 Å². The van der Waals surface area contributed by atoms with Crippen LogP contribution in [0.25, 0.3) is 6.08 Å². The van der Waals surface area contributed by atoms with Crippen LogP contribution in [0.4, 0.5) is 0 Å². The Labute approximate surface area is 185 Å². The van der Waals surface area contributed by atoms with Crippen molar-refractivity contribution in [2.24, 2.45) is 0 Å². The zero-order valence-electron chi connectivity index (χ0n) is 18.6. The molecule has 0 aliphatic rings. The molecule has 4 nitrogen and oxygen atoms in total. The van der Waals surface area contributed by atoms with Crippen LogP contribution in [0.1, 0.15) is 48.2 Å². The van der Waals surface area contributed by atoms with Gasteiger partial charge in [-0.25, -0.2) is 0 Å². The average molecular weight is 421 g/mol. The maximum atomic E-state index is 12.7. The number of allylic oxidation sites excluding steroid dienone is 2. The molecule has 0 saturated heterocycles. The normalized spacial score (nSPS) is 10.6. The second kappa shape index (κ2) is 13.1. The van der Waals surface area contributed by atoms with Gasteiger partial charge in [-0.05, 0) is 61.2 Å². The summed E-state index contributed by atoms with van der Waals surface area (Å²) in [6, 6.07) is 10.9. The van der Waals surface area contributed by atoms with Crippen molar-refractivity contribution in [3.63, 3.8) is 0 Å². The number of carbonyl (C=O) groups is 1. The fourth-order valence-corrected chi connectivity index (χ4v) is 2.93. The second-order valence-electron chi connectivity index (χ2n) is 7.00. The molecular weight excluding hydrogens is 388 g/mol. The Hall–Kier alpha value is -3.27. The van der Waals surface area contributed by atoms with Crippen LogP contribution in [0.15, 0.2) is 67.8 Å². The lowest BCUT2D eigenvalue weighted by molar-refractivity contribution is 0.104. The number of ketones is 1. The number of hydrogen-bond donors (Lipinski definition) is 0. The third-order valence-electron chi connectivity index (χ3n) is 4.42. The molecule has 0 fully saturated rings. The van der Waals surface area contributed by atoms with E-state index >= 15 is 0 Å². The summed E-state index contributed by atoms with van der Waals surface area (Å²) in [5, 5.41) is 0. The molecule has 164 valence electrons. The zero-order chi connectivity index (χ0) is 22.5. The molecule has 2 aromatic carbocycles. The minimum absolute atomic E-state index is 0.0873. The molecule has 0 aromatic heterocycles. The van der Waals surface area contributed by atoms with E-state index in [2.05, 4.69) is 27.0 Å². The standard InChI is InChI=1S/C27H32O4/c1-5-9-25-22(19-24(30-17-7-3)20-27(25)31-18-8-4)12-15-26(28)21-10-13-23(14-11-21)29-16-6-2/h5-6,10-15,19-20H,1-2,7-9,16-18H2,3-4H3/b15-12+. The van der Waals surface area contributed by atoms with Gasteiger partial charge in [0.2, 0.25) is 0 Å². The Kier molecular flexibility index (Phi) is 10.2. The van der Waals surface area contributed by atoms with E-state index in [1.54, 1.807) is 36.4 Å². The second-order valence-corrected chi connectivity index (χ2v) is 7.00. The van der Waals surface area contributed by atoms with Crippen LogP contribution in [0, 0.1) is 0 Å². The van der Waals surface area contributed by atoms with Crippen LogP contribution in [0.3, 0.4) is 0 Å². The Bertz CT molecular complexity index is 894. The smallest absolute Gasteiger partial charge is 0.185 e. The number of carbonyl (C=O) groups excluding carboxylic acids is 1. The molecule has 0 spiro atoms. The highest BCUT2D eigenvalue weighted by molar-refractivity contribution is 6.07. The lowest BCUT2D eigenvalue weighted by atomic mass is 10.0. The van der Waals surface area contributed by atoms with Gasteiger partial charge in [-0.3, -0.25) is 4.79 Å². The van der Waals surface area contributed by atoms with Crippen LogP contribution in [0.2, 0.25) is 0 Å². The molecule has 0 atom stereocenters. The van der Waals surface area contributed by atoms with Gasteiger partial charge in [0, 0.05) is 17.2 Å². The number of ether oxygens (including phenoxy) is 3. The summed E-state index contributed by atoms with van der Waals surface area (Å²) < 4.78 is 17.3. The number of benzene rings is 2. The Balaban J connectivity index is 2.30. The lowest BCUT2D eigenvalue weighted by Crippen LogP contribution is -2.03. The van der Waals surface area contributed by atoms with Gasteiger partial charge in [0.1, 0.15) is 23.9 Å². The molecule has 0 N–H and O–H groups in total.